The molecule has 0 N–H and O–H groups in total. The van der Waals surface area contributed by atoms with Gasteiger partial charge in [-0.25, -0.2) is 4.39 Å². The zero-order valence-corrected chi connectivity index (χ0v) is 9.26. The Morgan fingerprint density at radius 2 is 1.85 bits per heavy atom. The molecule has 0 rings (SSSR count). The smallest absolute Gasteiger partial charge is 0.308 e. The van der Waals surface area contributed by atoms with Crippen molar-refractivity contribution in [2.24, 2.45) is 0 Å². The molecule has 0 saturated carbocycles. The summed E-state index contributed by atoms with van der Waals surface area (Å²) in [5, 5.41) is 0. The minimum absolute atomic E-state index is 0.116. The summed E-state index contributed by atoms with van der Waals surface area (Å²) in [4.78, 5) is 10.8. The highest BCUT2D eigenvalue weighted by molar-refractivity contribution is 5.70. The van der Waals surface area contributed by atoms with Crippen LogP contribution in [0.15, 0.2) is 0 Å². The van der Waals surface area contributed by atoms with Crippen LogP contribution in [-0.2, 0) is 9.53 Å². The summed E-state index contributed by atoms with van der Waals surface area (Å²) in [6.07, 6.45) is -0.949. The van der Waals surface area contributed by atoms with Gasteiger partial charge in [-0.1, -0.05) is 20.8 Å². The Hall–Kier alpha value is -0.600. The highest BCUT2D eigenvalue weighted by Crippen LogP contribution is 2.04. The summed E-state index contributed by atoms with van der Waals surface area (Å²) in [5.41, 5.74) is 0. The first kappa shape index (κ1) is 14.9. The van der Waals surface area contributed by atoms with E-state index in [0.717, 1.165) is 0 Å². The van der Waals surface area contributed by atoms with Gasteiger partial charge in [0.05, 0.1) is 12.5 Å². The third-order valence-corrected chi connectivity index (χ3v) is 1.20. The van der Waals surface area contributed by atoms with Crippen molar-refractivity contribution in [3.05, 3.63) is 0 Å². The van der Waals surface area contributed by atoms with Crippen molar-refractivity contribution >= 4 is 5.97 Å². The molecule has 0 radical (unpaired) electrons. The second-order valence-electron chi connectivity index (χ2n) is 2.75. The molecule has 0 aliphatic rings. The van der Waals surface area contributed by atoms with Crippen molar-refractivity contribution < 1.29 is 13.9 Å². The average molecular weight is 192 g/mol. The number of alkyl halides is 1. The lowest BCUT2D eigenvalue weighted by Gasteiger charge is -2.08. The monoisotopic (exact) mass is 192 g/mol. The molecule has 0 saturated heterocycles. The lowest BCUT2D eigenvalue weighted by molar-refractivity contribution is -0.148. The van der Waals surface area contributed by atoms with Gasteiger partial charge in [0.25, 0.3) is 0 Å². The van der Waals surface area contributed by atoms with Crippen LogP contribution < -0.4 is 0 Å². The third kappa shape index (κ3) is 11.4. The minimum Gasteiger partial charge on any atom is -0.463 e. The SMILES string of the molecule is CC.CCC(F)CC(=O)OC(C)C. The quantitative estimate of drug-likeness (QED) is 0.640. The molecule has 0 aromatic rings. The predicted molar refractivity (Wildman–Crippen MR) is 52.4 cm³/mol. The van der Waals surface area contributed by atoms with Gasteiger partial charge in [-0.05, 0) is 20.3 Å². The molecule has 0 bridgehead atoms. The van der Waals surface area contributed by atoms with E-state index >= 15 is 0 Å². The molecule has 2 nitrogen and oxygen atoms in total. The van der Waals surface area contributed by atoms with Crippen LogP contribution in [0.25, 0.3) is 0 Å². The molecule has 1 unspecified atom stereocenters. The number of halogens is 1. The molecule has 0 heterocycles. The molecule has 0 amide bonds. The van der Waals surface area contributed by atoms with Crippen LogP contribution in [0.3, 0.4) is 0 Å². The Morgan fingerprint density at radius 1 is 1.38 bits per heavy atom. The largest absolute Gasteiger partial charge is 0.463 e. The lowest BCUT2D eigenvalue weighted by Crippen LogP contribution is -2.15. The summed E-state index contributed by atoms with van der Waals surface area (Å²) in [7, 11) is 0. The van der Waals surface area contributed by atoms with Gasteiger partial charge in [-0.2, -0.15) is 0 Å². The van der Waals surface area contributed by atoms with Crippen molar-refractivity contribution in [1.82, 2.24) is 0 Å². The number of carbonyl (C=O) groups excluding carboxylic acids is 1. The van der Waals surface area contributed by atoms with Crippen molar-refractivity contribution in [3.8, 4) is 0 Å². The van der Waals surface area contributed by atoms with Crippen LogP contribution in [0.4, 0.5) is 4.39 Å². The van der Waals surface area contributed by atoms with Gasteiger partial charge in [0.15, 0.2) is 0 Å². The molecular formula is C10H21FO2. The van der Waals surface area contributed by atoms with Crippen LogP contribution in [-0.4, -0.2) is 18.2 Å². The van der Waals surface area contributed by atoms with Gasteiger partial charge in [-0.15, -0.1) is 0 Å². The number of rotatable bonds is 4. The molecule has 0 aliphatic carbocycles. The van der Waals surface area contributed by atoms with E-state index in [1.807, 2.05) is 13.8 Å². The van der Waals surface area contributed by atoms with Gasteiger partial charge in [0, 0.05) is 0 Å². The fourth-order valence-corrected chi connectivity index (χ4v) is 0.636. The van der Waals surface area contributed by atoms with Gasteiger partial charge in [-0.3, -0.25) is 4.79 Å². The van der Waals surface area contributed by atoms with Crippen molar-refractivity contribution in [3.63, 3.8) is 0 Å². The fraction of sp³-hybridized carbons (Fsp3) is 0.900. The number of esters is 1. The summed E-state index contributed by atoms with van der Waals surface area (Å²) in [5.74, 6) is -0.450. The molecule has 0 aliphatic heterocycles. The summed E-state index contributed by atoms with van der Waals surface area (Å²) < 4.78 is 17.3. The van der Waals surface area contributed by atoms with E-state index in [-0.39, 0.29) is 12.5 Å². The van der Waals surface area contributed by atoms with Crippen LogP contribution in [0.5, 0.6) is 0 Å². The molecule has 1 atom stereocenters. The first-order valence-corrected chi connectivity index (χ1v) is 4.89. The second kappa shape index (κ2) is 9.49. The zero-order valence-electron chi connectivity index (χ0n) is 9.26. The van der Waals surface area contributed by atoms with E-state index in [9.17, 15) is 9.18 Å². The summed E-state index contributed by atoms with van der Waals surface area (Å²) in [6, 6.07) is 0. The molecule has 0 aromatic heterocycles. The van der Waals surface area contributed by atoms with E-state index < -0.39 is 12.1 Å². The van der Waals surface area contributed by atoms with E-state index in [1.165, 1.54) is 0 Å². The number of hydrogen-bond acceptors (Lipinski definition) is 2. The number of carbonyl (C=O) groups is 1. The maximum Gasteiger partial charge on any atom is 0.308 e. The van der Waals surface area contributed by atoms with E-state index in [4.69, 9.17) is 4.74 Å². The third-order valence-electron chi connectivity index (χ3n) is 1.20. The Bertz CT molecular complexity index is 124. The van der Waals surface area contributed by atoms with E-state index in [1.54, 1.807) is 20.8 Å². The number of ether oxygens (including phenoxy) is 1. The molecule has 3 heteroatoms. The second-order valence-corrected chi connectivity index (χ2v) is 2.75. The van der Waals surface area contributed by atoms with Crippen molar-refractivity contribution in [2.75, 3.05) is 0 Å². The van der Waals surface area contributed by atoms with Gasteiger partial charge >= 0.3 is 5.97 Å². The topological polar surface area (TPSA) is 26.3 Å². The number of hydrogen-bond donors (Lipinski definition) is 0. The standard InChI is InChI=1S/C8H15FO2.C2H6/c1-4-7(9)5-8(10)11-6(2)3;1-2/h6-7H,4-5H2,1-3H3;1-2H3. The van der Waals surface area contributed by atoms with Gasteiger partial charge < -0.3 is 4.74 Å². The summed E-state index contributed by atoms with van der Waals surface area (Å²) >= 11 is 0. The van der Waals surface area contributed by atoms with Crippen molar-refractivity contribution in [1.29, 1.82) is 0 Å². The van der Waals surface area contributed by atoms with Crippen molar-refractivity contribution in [2.45, 2.75) is 59.7 Å². The van der Waals surface area contributed by atoms with Crippen LogP contribution >= 0.6 is 0 Å². The Kier molecular flexibility index (Phi) is 10.9. The van der Waals surface area contributed by atoms with E-state index in [0.29, 0.717) is 6.42 Å². The lowest BCUT2D eigenvalue weighted by atomic mass is 10.2. The molecule has 0 spiro atoms. The zero-order chi connectivity index (χ0) is 10.9. The first-order valence-electron chi connectivity index (χ1n) is 4.89. The Morgan fingerprint density at radius 3 is 2.15 bits per heavy atom. The Labute approximate surface area is 80.5 Å². The maximum atomic E-state index is 12.5. The summed E-state index contributed by atoms with van der Waals surface area (Å²) in [6.45, 7) is 9.20. The fourth-order valence-electron chi connectivity index (χ4n) is 0.636. The highest BCUT2D eigenvalue weighted by Gasteiger charge is 2.12. The molecule has 0 fully saturated rings. The average Bonchev–Trinajstić information content (AvgIpc) is 2.06. The maximum absolute atomic E-state index is 12.5. The molecule has 0 aromatic carbocycles. The van der Waals surface area contributed by atoms with Crippen LogP contribution in [0.2, 0.25) is 0 Å². The predicted octanol–water partition coefficient (Wildman–Crippen LogP) is 3.10. The minimum atomic E-state index is -1.05. The molecule has 13 heavy (non-hydrogen) atoms. The normalized spacial score (nSPS) is 11.6. The first-order chi connectivity index (χ1) is 6.06. The van der Waals surface area contributed by atoms with Crippen LogP contribution in [0, 0.1) is 0 Å². The highest BCUT2D eigenvalue weighted by atomic mass is 19.1. The van der Waals surface area contributed by atoms with Crippen LogP contribution in [0.1, 0.15) is 47.5 Å². The van der Waals surface area contributed by atoms with Gasteiger partial charge in [0.1, 0.15) is 6.17 Å². The molecular weight excluding hydrogens is 171 g/mol. The van der Waals surface area contributed by atoms with Gasteiger partial charge in [0.2, 0.25) is 0 Å². The van der Waals surface area contributed by atoms with E-state index in [2.05, 4.69) is 0 Å². The molecule has 80 valence electrons. The Balaban J connectivity index is 0.